The first kappa shape index (κ1) is 13.4. The van der Waals surface area contributed by atoms with Crippen molar-refractivity contribution in [3.05, 3.63) is 29.3 Å². The van der Waals surface area contributed by atoms with Gasteiger partial charge in [0.05, 0.1) is 12.7 Å². The van der Waals surface area contributed by atoms with Gasteiger partial charge in [-0.05, 0) is 57.5 Å². The molecule has 1 aromatic rings. The smallest absolute Gasteiger partial charge is 0.123 e. The molecule has 1 heterocycles. The van der Waals surface area contributed by atoms with Gasteiger partial charge in [0, 0.05) is 12.1 Å². The van der Waals surface area contributed by atoms with Crippen molar-refractivity contribution in [1.29, 1.82) is 0 Å². The molecule has 0 saturated carbocycles. The van der Waals surface area contributed by atoms with E-state index < -0.39 is 6.10 Å². The standard InChI is InChI=1S/C15H23NO2/c1-3-18-15-7-6-13(12(2)17)10-14(15)11-16-8-4-5-9-16/h6-7,10,12,17H,3-5,8-9,11H2,1-2H3. The number of hydrogen-bond donors (Lipinski definition) is 1. The fourth-order valence-corrected chi connectivity index (χ4v) is 2.46. The molecule has 0 aromatic heterocycles. The van der Waals surface area contributed by atoms with Crippen LogP contribution < -0.4 is 4.74 Å². The molecule has 1 N–H and O–H groups in total. The summed E-state index contributed by atoms with van der Waals surface area (Å²) in [5.74, 6) is 0.953. The Labute approximate surface area is 109 Å². The lowest BCUT2D eigenvalue weighted by Gasteiger charge is -2.19. The van der Waals surface area contributed by atoms with E-state index in [1.807, 2.05) is 19.1 Å². The lowest BCUT2D eigenvalue weighted by Crippen LogP contribution is -2.19. The van der Waals surface area contributed by atoms with Crippen LogP contribution in [0.25, 0.3) is 0 Å². The van der Waals surface area contributed by atoms with Gasteiger partial charge >= 0.3 is 0 Å². The zero-order chi connectivity index (χ0) is 13.0. The van der Waals surface area contributed by atoms with Crippen LogP contribution in [0.3, 0.4) is 0 Å². The molecule has 1 aliphatic heterocycles. The molecule has 1 aromatic carbocycles. The van der Waals surface area contributed by atoms with Crippen molar-refractivity contribution in [2.75, 3.05) is 19.7 Å². The number of rotatable bonds is 5. The predicted molar refractivity (Wildman–Crippen MR) is 72.8 cm³/mol. The molecule has 0 radical (unpaired) electrons. The lowest BCUT2D eigenvalue weighted by molar-refractivity contribution is 0.198. The Morgan fingerprint density at radius 3 is 2.67 bits per heavy atom. The molecule has 3 nitrogen and oxygen atoms in total. The van der Waals surface area contributed by atoms with Crippen LogP contribution in [0.15, 0.2) is 18.2 Å². The molecular formula is C15H23NO2. The second-order valence-electron chi connectivity index (χ2n) is 4.96. The van der Waals surface area contributed by atoms with Crippen LogP contribution in [0.5, 0.6) is 5.75 Å². The first-order valence-corrected chi connectivity index (χ1v) is 6.86. The van der Waals surface area contributed by atoms with Crippen LogP contribution >= 0.6 is 0 Å². The van der Waals surface area contributed by atoms with E-state index in [2.05, 4.69) is 11.0 Å². The highest BCUT2D eigenvalue weighted by atomic mass is 16.5. The van der Waals surface area contributed by atoms with Crippen molar-refractivity contribution in [3.63, 3.8) is 0 Å². The number of likely N-dealkylation sites (tertiary alicyclic amines) is 1. The van der Waals surface area contributed by atoms with Crippen molar-refractivity contribution in [1.82, 2.24) is 4.90 Å². The fraction of sp³-hybridized carbons (Fsp3) is 0.600. The first-order chi connectivity index (χ1) is 8.70. The van der Waals surface area contributed by atoms with Crippen LogP contribution in [-0.4, -0.2) is 29.7 Å². The SMILES string of the molecule is CCOc1ccc(C(C)O)cc1CN1CCCC1. The van der Waals surface area contributed by atoms with Gasteiger partial charge in [-0.15, -0.1) is 0 Å². The average molecular weight is 249 g/mol. The summed E-state index contributed by atoms with van der Waals surface area (Å²) in [7, 11) is 0. The highest BCUT2D eigenvalue weighted by Crippen LogP contribution is 2.26. The molecule has 1 fully saturated rings. The van der Waals surface area contributed by atoms with Crippen LogP contribution in [-0.2, 0) is 6.54 Å². The summed E-state index contributed by atoms with van der Waals surface area (Å²) in [5.41, 5.74) is 2.16. The molecule has 1 unspecified atom stereocenters. The maximum absolute atomic E-state index is 9.68. The van der Waals surface area contributed by atoms with Gasteiger partial charge < -0.3 is 9.84 Å². The molecule has 1 saturated heterocycles. The topological polar surface area (TPSA) is 32.7 Å². The van der Waals surface area contributed by atoms with E-state index in [4.69, 9.17) is 4.74 Å². The van der Waals surface area contributed by atoms with Crippen molar-refractivity contribution in [3.8, 4) is 5.75 Å². The van der Waals surface area contributed by atoms with Gasteiger partial charge in [-0.25, -0.2) is 0 Å². The minimum absolute atomic E-state index is 0.419. The van der Waals surface area contributed by atoms with Gasteiger partial charge in [0.25, 0.3) is 0 Å². The first-order valence-electron chi connectivity index (χ1n) is 6.86. The van der Waals surface area contributed by atoms with Gasteiger partial charge in [0.2, 0.25) is 0 Å². The van der Waals surface area contributed by atoms with E-state index in [0.29, 0.717) is 6.61 Å². The average Bonchev–Trinajstić information content (AvgIpc) is 2.84. The van der Waals surface area contributed by atoms with Crippen molar-refractivity contribution in [2.45, 2.75) is 39.3 Å². The molecular weight excluding hydrogens is 226 g/mol. The predicted octanol–water partition coefficient (Wildman–Crippen LogP) is 2.73. The number of nitrogens with zero attached hydrogens (tertiary/aromatic N) is 1. The quantitative estimate of drug-likeness (QED) is 0.871. The summed E-state index contributed by atoms with van der Waals surface area (Å²) in [4.78, 5) is 2.45. The molecule has 0 spiro atoms. The van der Waals surface area contributed by atoms with E-state index >= 15 is 0 Å². The second-order valence-corrected chi connectivity index (χ2v) is 4.96. The maximum atomic E-state index is 9.68. The molecule has 3 heteroatoms. The Morgan fingerprint density at radius 1 is 1.33 bits per heavy atom. The van der Waals surface area contributed by atoms with Crippen LogP contribution in [0.2, 0.25) is 0 Å². The van der Waals surface area contributed by atoms with Crippen molar-refractivity contribution < 1.29 is 9.84 Å². The molecule has 1 atom stereocenters. The summed E-state index contributed by atoms with van der Waals surface area (Å²) >= 11 is 0. The zero-order valence-corrected chi connectivity index (χ0v) is 11.4. The van der Waals surface area contributed by atoms with Crippen LogP contribution in [0.1, 0.15) is 43.9 Å². The number of aliphatic hydroxyl groups is 1. The lowest BCUT2D eigenvalue weighted by atomic mass is 10.1. The third kappa shape index (κ3) is 3.24. The number of ether oxygens (including phenoxy) is 1. The molecule has 1 aliphatic rings. The van der Waals surface area contributed by atoms with Crippen LogP contribution in [0, 0.1) is 0 Å². The molecule has 0 amide bonds. The van der Waals surface area contributed by atoms with Gasteiger partial charge in [-0.2, -0.15) is 0 Å². The molecule has 2 rings (SSSR count). The van der Waals surface area contributed by atoms with Crippen molar-refractivity contribution in [2.24, 2.45) is 0 Å². The van der Waals surface area contributed by atoms with E-state index in [0.717, 1.165) is 17.9 Å². The Morgan fingerprint density at radius 2 is 2.06 bits per heavy atom. The third-order valence-corrected chi connectivity index (χ3v) is 3.46. The Balaban J connectivity index is 2.18. The van der Waals surface area contributed by atoms with Gasteiger partial charge in [0.1, 0.15) is 5.75 Å². The molecule has 0 bridgehead atoms. The zero-order valence-electron chi connectivity index (χ0n) is 11.4. The largest absolute Gasteiger partial charge is 0.494 e. The number of hydrogen-bond acceptors (Lipinski definition) is 3. The highest BCUT2D eigenvalue weighted by Gasteiger charge is 2.15. The highest BCUT2D eigenvalue weighted by molar-refractivity contribution is 5.38. The molecule has 100 valence electrons. The molecule has 0 aliphatic carbocycles. The van der Waals surface area contributed by atoms with Gasteiger partial charge in [-0.1, -0.05) is 6.07 Å². The summed E-state index contributed by atoms with van der Waals surface area (Å²) < 4.78 is 5.67. The fourth-order valence-electron chi connectivity index (χ4n) is 2.46. The van der Waals surface area contributed by atoms with E-state index in [-0.39, 0.29) is 0 Å². The second kappa shape index (κ2) is 6.21. The van der Waals surface area contributed by atoms with Gasteiger partial charge in [-0.3, -0.25) is 4.90 Å². The minimum atomic E-state index is -0.419. The summed E-state index contributed by atoms with van der Waals surface area (Å²) in [6, 6.07) is 6.01. The normalized spacial score (nSPS) is 17.9. The summed E-state index contributed by atoms with van der Waals surface area (Å²) in [6.45, 7) is 7.75. The Hall–Kier alpha value is -1.06. The van der Waals surface area contributed by atoms with E-state index in [1.165, 1.54) is 31.5 Å². The maximum Gasteiger partial charge on any atom is 0.123 e. The van der Waals surface area contributed by atoms with E-state index in [9.17, 15) is 5.11 Å². The van der Waals surface area contributed by atoms with E-state index in [1.54, 1.807) is 6.92 Å². The minimum Gasteiger partial charge on any atom is -0.494 e. The molecule has 18 heavy (non-hydrogen) atoms. The third-order valence-electron chi connectivity index (χ3n) is 3.46. The Kier molecular flexibility index (Phi) is 4.61. The number of aliphatic hydroxyl groups excluding tert-OH is 1. The van der Waals surface area contributed by atoms with Gasteiger partial charge in [0.15, 0.2) is 0 Å². The summed E-state index contributed by atoms with van der Waals surface area (Å²) in [6.07, 6.45) is 2.16. The van der Waals surface area contributed by atoms with Crippen LogP contribution in [0.4, 0.5) is 0 Å². The Bertz CT molecular complexity index is 384. The summed E-state index contributed by atoms with van der Waals surface area (Å²) in [5, 5.41) is 9.68. The number of benzene rings is 1. The monoisotopic (exact) mass is 249 g/mol. The van der Waals surface area contributed by atoms with Crippen molar-refractivity contribution >= 4 is 0 Å².